The summed E-state index contributed by atoms with van der Waals surface area (Å²) in [5.74, 6) is 0.769. The van der Waals surface area contributed by atoms with E-state index in [9.17, 15) is 0 Å². The number of pyridine rings is 1. The fourth-order valence-corrected chi connectivity index (χ4v) is 3.29. The Labute approximate surface area is 125 Å². The first-order valence-corrected chi connectivity index (χ1v) is 8.66. The maximum Gasteiger partial charge on any atom is 0.0434 e. The van der Waals surface area contributed by atoms with Gasteiger partial charge in [-0.3, -0.25) is 4.98 Å². The first-order valence-electron chi connectivity index (χ1n) is 8.66. The van der Waals surface area contributed by atoms with Gasteiger partial charge >= 0.3 is 0 Å². The zero-order chi connectivity index (χ0) is 14.4. The van der Waals surface area contributed by atoms with E-state index in [2.05, 4.69) is 39.1 Å². The van der Waals surface area contributed by atoms with E-state index in [1.165, 1.54) is 69.0 Å². The first kappa shape index (κ1) is 15.5. The Kier molecular flexibility index (Phi) is 5.63. The summed E-state index contributed by atoms with van der Waals surface area (Å²) in [6, 6.07) is 4.64. The first-order chi connectivity index (χ1) is 9.69. The molecule has 1 heteroatoms. The Morgan fingerprint density at radius 2 is 1.85 bits per heavy atom. The quantitative estimate of drug-likeness (QED) is 0.504. The van der Waals surface area contributed by atoms with Crippen molar-refractivity contribution in [3.63, 3.8) is 0 Å². The highest BCUT2D eigenvalue weighted by Gasteiger charge is 2.28. The largest absolute Gasteiger partial charge is 0.261 e. The van der Waals surface area contributed by atoms with Crippen LogP contribution in [0.5, 0.6) is 0 Å². The van der Waals surface area contributed by atoms with Crippen LogP contribution >= 0.6 is 0 Å². The third-order valence-electron chi connectivity index (χ3n) is 4.86. The summed E-state index contributed by atoms with van der Waals surface area (Å²) in [4.78, 5) is 4.73. The van der Waals surface area contributed by atoms with Crippen LogP contribution in [0.1, 0.15) is 95.7 Å². The van der Waals surface area contributed by atoms with Gasteiger partial charge in [-0.15, -0.1) is 0 Å². The zero-order valence-corrected chi connectivity index (χ0v) is 13.6. The van der Waals surface area contributed by atoms with Crippen molar-refractivity contribution in [3.8, 4) is 0 Å². The van der Waals surface area contributed by atoms with Gasteiger partial charge in [0.2, 0.25) is 0 Å². The van der Waals surface area contributed by atoms with Crippen LogP contribution in [0.4, 0.5) is 0 Å². The lowest BCUT2D eigenvalue weighted by molar-refractivity contribution is 0.376. The van der Waals surface area contributed by atoms with Crippen LogP contribution < -0.4 is 0 Å². The molecular weight excluding hydrogens is 242 g/mol. The molecule has 0 spiro atoms. The molecule has 1 aromatic heterocycles. The number of aromatic nitrogens is 1. The van der Waals surface area contributed by atoms with E-state index in [4.69, 9.17) is 4.98 Å². The minimum Gasteiger partial charge on any atom is -0.261 e. The monoisotopic (exact) mass is 273 g/mol. The second-order valence-electron chi connectivity index (χ2n) is 6.87. The van der Waals surface area contributed by atoms with Gasteiger partial charge in [-0.2, -0.15) is 0 Å². The smallest absolute Gasteiger partial charge is 0.0434 e. The predicted molar refractivity (Wildman–Crippen MR) is 87.2 cm³/mol. The lowest BCUT2D eigenvalue weighted by atomic mass is 9.75. The maximum atomic E-state index is 4.73. The van der Waals surface area contributed by atoms with Crippen molar-refractivity contribution in [2.45, 2.75) is 89.9 Å². The van der Waals surface area contributed by atoms with Crippen molar-refractivity contribution in [1.82, 2.24) is 4.98 Å². The van der Waals surface area contributed by atoms with Gasteiger partial charge in [-0.1, -0.05) is 58.9 Å². The van der Waals surface area contributed by atoms with E-state index in [0.717, 1.165) is 5.92 Å². The summed E-state index contributed by atoms with van der Waals surface area (Å²) in [7, 11) is 0. The topological polar surface area (TPSA) is 12.9 Å². The minimum atomic E-state index is 0.331. The summed E-state index contributed by atoms with van der Waals surface area (Å²) in [5, 5.41) is 0. The minimum absolute atomic E-state index is 0.331. The molecule has 1 saturated carbocycles. The number of hydrogen-bond donors (Lipinski definition) is 0. The van der Waals surface area contributed by atoms with Crippen LogP contribution in [-0.2, 0) is 5.41 Å². The summed E-state index contributed by atoms with van der Waals surface area (Å²) in [6.45, 7) is 7.03. The maximum absolute atomic E-state index is 4.73. The van der Waals surface area contributed by atoms with E-state index in [0.29, 0.717) is 5.41 Å². The molecule has 0 aromatic carbocycles. The summed E-state index contributed by atoms with van der Waals surface area (Å²) < 4.78 is 0. The molecule has 112 valence electrons. The highest BCUT2D eigenvalue weighted by Crippen LogP contribution is 2.40. The lowest BCUT2D eigenvalue weighted by Gasteiger charge is -2.30. The predicted octanol–water partition coefficient (Wildman–Crippen LogP) is 5.99. The van der Waals surface area contributed by atoms with Crippen molar-refractivity contribution in [2.75, 3.05) is 0 Å². The molecule has 1 nitrogen and oxygen atoms in total. The molecule has 20 heavy (non-hydrogen) atoms. The Morgan fingerprint density at radius 3 is 2.40 bits per heavy atom. The normalized spacial score (nSPS) is 17.9. The molecular formula is C19H31N. The third-order valence-corrected chi connectivity index (χ3v) is 4.86. The summed E-state index contributed by atoms with van der Waals surface area (Å²) in [5.41, 5.74) is 3.11. The van der Waals surface area contributed by atoms with Crippen LogP contribution in [0.2, 0.25) is 0 Å². The van der Waals surface area contributed by atoms with Gasteiger partial charge in [0.25, 0.3) is 0 Å². The van der Waals surface area contributed by atoms with Gasteiger partial charge in [0.1, 0.15) is 0 Å². The standard InChI is InChI=1S/C19H31N/c1-4-6-7-8-14-19(3,13-5-2)17-11-12-18(20-15-17)16-9-10-16/h11-12,15-16H,4-10,13-14H2,1-3H3. The average Bonchev–Trinajstić information content (AvgIpc) is 3.29. The summed E-state index contributed by atoms with van der Waals surface area (Å²) in [6.07, 6.45) is 14.1. The average molecular weight is 273 g/mol. The van der Waals surface area contributed by atoms with Crippen molar-refractivity contribution in [2.24, 2.45) is 0 Å². The molecule has 0 radical (unpaired) electrons. The molecule has 1 atom stereocenters. The van der Waals surface area contributed by atoms with E-state index >= 15 is 0 Å². The molecule has 1 aliphatic rings. The van der Waals surface area contributed by atoms with Crippen molar-refractivity contribution >= 4 is 0 Å². The molecule has 0 N–H and O–H groups in total. The van der Waals surface area contributed by atoms with Crippen LogP contribution in [0, 0.1) is 0 Å². The highest BCUT2D eigenvalue weighted by atomic mass is 14.7. The summed E-state index contributed by atoms with van der Waals surface area (Å²) >= 11 is 0. The Morgan fingerprint density at radius 1 is 1.05 bits per heavy atom. The van der Waals surface area contributed by atoms with Crippen LogP contribution in [0.15, 0.2) is 18.3 Å². The SMILES string of the molecule is CCCCCCC(C)(CCC)c1ccc(C2CC2)nc1. The van der Waals surface area contributed by atoms with Gasteiger partial charge in [0.05, 0.1) is 0 Å². The number of hydrogen-bond acceptors (Lipinski definition) is 1. The van der Waals surface area contributed by atoms with E-state index in [-0.39, 0.29) is 0 Å². The van der Waals surface area contributed by atoms with E-state index < -0.39 is 0 Å². The molecule has 0 saturated heterocycles. The fraction of sp³-hybridized carbons (Fsp3) is 0.737. The third kappa shape index (κ3) is 4.07. The fourth-order valence-electron chi connectivity index (χ4n) is 3.29. The lowest BCUT2D eigenvalue weighted by Crippen LogP contribution is -2.22. The van der Waals surface area contributed by atoms with E-state index in [1.807, 2.05) is 0 Å². The number of unbranched alkanes of at least 4 members (excludes halogenated alkanes) is 3. The molecule has 0 aliphatic heterocycles. The molecule has 1 fully saturated rings. The van der Waals surface area contributed by atoms with Gasteiger partial charge in [0.15, 0.2) is 0 Å². The van der Waals surface area contributed by atoms with Gasteiger partial charge in [-0.25, -0.2) is 0 Å². The molecule has 1 aromatic rings. The second kappa shape index (κ2) is 7.24. The highest BCUT2D eigenvalue weighted by molar-refractivity contribution is 5.25. The number of rotatable bonds is 9. The molecule has 1 unspecified atom stereocenters. The van der Waals surface area contributed by atoms with Gasteiger partial charge in [0, 0.05) is 17.8 Å². The Balaban J connectivity index is 2.01. The second-order valence-corrected chi connectivity index (χ2v) is 6.87. The van der Waals surface area contributed by atoms with Crippen molar-refractivity contribution in [1.29, 1.82) is 0 Å². The molecule has 1 aliphatic carbocycles. The Bertz CT molecular complexity index is 391. The van der Waals surface area contributed by atoms with Crippen LogP contribution in [0.25, 0.3) is 0 Å². The van der Waals surface area contributed by atoms with Gasteiger partial charge < -0.3 is 0 Å². The zero-order valence-electron chi connectivity index (χ0n) is 13.6. The number of nitrogens with zero attached hydrogens (tertiary/aromatic N) is 1. The van der Waals surface area contributed by atoms with Crippen LogP contribution in [0.3, 0.4) is 0 Å². The molecule has 0 amide bonds. The Hall–Kier alpha value is -0.850. The molecule has 1 heterocycles. The van der Waals surface area contributed by atoms with Crippen molar-refractivity contribution < 1.29 is 0 Å². The molecule has 0 bridgehead atoms. The molecule has 2 rings (SSSR count). The van der Waals surface area contributed by atoms with Crippen LogP contribution in [-0.4, -0.2) is 4.98 Å². The van der Waals surface area contributed by atoms with E-state index in [1.54, 1.807) is 0 Å². The van der Waals surface area contributed by atoms with Crippen molar-refractivity contribution in [3.05, 3.63) is 29.6 Å². The van der Waals surface area contributed by atoms with Gasteiger partial charge in [-0.05, 0) is 42.7 Å².